The van der Waals surface area contributed by atoms with Crippen LogP contribution >= 0.6 is 0 Å². The molecule has 0 saturated carbocycles. The Balaban J connectivity index is 6.32. The van der Waals surface area contributed by atoms with E-state index >= 15 is 0 Å². The first-order chi connectivity index (χ1) is 11.5. The molecule has 10 heteroatoms. The van der Waals surface area contributed by atoms with Crippen molar-refractivity contribution in [2.24, 2.45) is 0 Å². The third-order valence-electron chi connectivity index (χ3n) is 3.08. The summed E-state index contributed by atoms with van der Waals surface area (Å²) in [6.07, 6.45) is 1.34. The second-order valence-corrected chi connectivity index (χ2v) is 26.3. The minimum atomic E-state index is -3.21. The van der Waals surface area contributed by atoms with Gasteiger partial charge in [0.15, 0.2) is 25.0 Å². The summed E-state index contributed by atoms with van der Waals surface area (Å²) < 4.78 is 25.1. The summed E-state index contributed by atoms with van der Waals surface area (Å²) >= 11 is 0. The van der Waals surface area contributed by atoms with Crippen molar-refractivity contribution < 1.29 is 21.9 Å². The Kier molecular flexibility index (Phi) is 9.22. The molecule has 0 heterocycles. The van der Waals surface area contributed by atoms with Crippen LogP contribution in [0.2, 0.25) is 58.9 Å². The van der Waals surface area contributed by atoms with Gasteiger partial charge in [-0.05, 0) is 65.3 Å². The molecule has 6 nitrogen and oxygen atoms in total. The van der Waals surface area contributed by atoms with Gasteiger partial charge in [0.25, 0.3) is 0 Å². The van der Waals surface area contributed by atoms with Crippen molar-refractivity contribution >= 4 is 39.8 Å². The average Bonchev–Trinajstić information content (AvgIpc) is 2.32. The number of carbonyl (C=O) groups excluding carboxylic acids is 1. The molecule has 0 rings (SSSR count). The summed E-state index contributed by atoms with van der Waals surface area (Å²) in [7, 11) is -7.53. The fourth-order valence-electron chi connectivity index (χ4n) is 2.59. The van der Waals surface area contributed by atoms with E-state index in [0.717, 1.165) is 6.26 Å². The van der Waals surface area contributed by atoms with E-state index in [2.05, 4.69) is 65.5 Å². The van der Waals surface area contributed by atoms with Crippen LogP contribution < -0.4 is 0 Å². The highest BCUT2D eigenvalue weighted by Crippen LogP contribution is 2.32. The van der Waals surface area contributed by atoms with Crippen LogP contribution in [0, 0.1) is 0 Å². The fraction of sp³-hybridized carbons (Fsp3) is 0.812. The zero-order valence-electron chi connectivity index (χ0n) is 18.6. The molecule has 0 fully saturated rings. The van der Waals surface area contributed by atoms with E-state index in [0.29, 0.717) is 6.42 Å². The van der Waals surface area contributed by atoms with E-state index in [1.807, 2.05) is 6.92 Å². The second-order valence-electron chi connectivity index (χ2n) is 9.33. The number of ether oxygens (including phenoxy) is 1. The van der Waals surface area contributed by atoms with Gasteiger partial charge in [-0.25, -0.2) is 4.79 Å². The predicted molar refractivity (Wildman–Crippen MR) is 118 cm³/mol. The molecule has 154 valence electrons. The summed E-state index contributed by atoms with van der Waals surface area (Å²) in [5.41, 5.74) is -0.305. The lowest BCUT2D eigenvalue weighted by Crippen LogP contribution is -2.70. The van der Waals surface area contributed by atoms with Gasteiger partial charge >= 0.3 is 14.9 Å². The van der Waals surface area contributed by atoms with Gasteiger partial charge in [-0.1, -0.05) is 13.5 Å². The first kappa shape index (κ1) is 25.8. The number of hydrogen-bond acceptors (Lipinski definition) is 5. The quantitative estimate of drug-likeness (QED) is 0.355. The molecule has 0 aromatic rings. The van der Waals surface area contributed by atoms with Gasteiger partial charge in [0, 0.05) is 7.05 Å². The lowest BCUT2D eigenvalue weighted by Gasteiger charge is -2.48. The largest absolute Gasteiger partial charge is 0.493 e. The molecule has 26 heavy (non-hydrogen) atoms. The molecule has 1 atom stereocenters. The van der Waals surface area contributed by atoms with Gasteiger partial charge in [-0.2, -0.15) is 0 Å². The van der Waals surface area contributed by atoms with Crippen molar-refractivity contribution in [3.05, 3.63) is 12.8 Å². The molecule has 0 aliphatic heterocycles. The Bertz CT molecular complexity index is 442. The summed E-state index contributed by atoms with van der Waals surface area (Å²) in [6.45, 7) is 24.7. The maximum absolute atomic E-state index is 12.4. The number of nitrogens with zero attached hydrogens (tertiary/aromatic N) is 1. The summed E-state index contributed by atoms with van der Waals surface area (Å²) in [4.78, 5) is 14.0. The standard InChI is InChI=1S/C16H39NO5Si4/c1-13-15(17(3)16(18)19-14-2)26(20-23(4,5)6,21-24(7,8)9)22-25(10,11)12/h14-15H,2,13H2,1,3-12H3. The summed E-state index contributed by atoms with van der Waals surface area (Å²) in [5.74, 6) is 0. The normalized spacial score (nSPS) is 14.7. The van der Waals surface area contributed by atoms with Gasteiger partial charge in [-0.15, -0.1) is 0 Å². The molecule has 0 aromatic heterocycles. The molecule has 1 unspecified atom stereocenters. The lowest BCUT2D eigenvalue weighted by atomic mass is 10.4. The number of carbonyl (C=O) groups is 1. The SMILES string of the molecule is C=COC(=O)N(C)C(CC)[Si](O[Si](C)(C)C)(O[Si](C)(C)C)O[Si](C)(C)C. The van der Waals surface area contributed by atoms with E-state index < -0.39 is 39.8 Å². The first-order valence-electron chi connectivity index (χ1n) is 9.11. The Morgan fingerprint density at radius 1 is 0.923 bits per heavy atom. The van der Waals surface area contributed by atoms with Crippen LogP contribution in [-0.4, -0.2) is 57.5 Å². The van der Waals surface area contributed by atoms with Crippen molar-refractivity contribution in [1.29, 1.82) is 0 Å². The molecule has 0 saturated heterocycles. The second kappa shape index (κ2) is 9.30. The highest BCUT2D eigenvalue weighted by Gasteiger charge is 2.57. The van der Waals surface area contributed by atoms with Crippen LogP contribution in [0.3, 0.4) is 0 Å². The van der Waals surface area contributed by atoms with E-state index in [1.54, 1.807) is 11.9 Å². The van der Waals surface area contributed by atoms with E-state index in [-0.39, 0.29) is 5.67 Å². The third-order valence-corrected chi connectivity index (χ3v) is 15.5. The number of rotatable bonds is 10. The van der Waals surface area contributed by atoms with Gasteiger partial charge in [-0.3, -0.25) is 0 Å². The van der Waals surface area contributed by atoms with Gasteiger partial charge < -0.3 is 22.0 Å². The number of amides is 1. The van der Waals surface area contributed by atoms with Crippen molar-refractivity contribution in [2.45, 2.75) is 77.9 Å². The zero-order chi connectivity index (χ0) is 21.0. The van der Waals surface area contributed by atoms with Crippen LogP contribution in [0.1, 0.15) is 13.3 Å². The minimum absolute atomic E-state index is 0.305. The highest BCUT2D eigenvalue weighted by atomic mass is 28.5. The maximum atomic E-state index is 12.4. The van der Waals surface area contributed by atoms with Gasteiger partial charge in [0.2, 0.25) is 0 Å². The zero-order valence-corrected chi connectivity index (χ0v) is 22.6. The fourth-order valence-corrected chi connectivity index (χ4v) is 17.2. The molecule has 0 spiro atoms. The van der Waals surface area contributed by atoms with E-state index in [9.17, 15) is 4.79 Å². The third kappa shape index (κ3) is 9.11. The van der Waals surface area contributed by atoms with Crippen molar-refractivity contribution in [2.75, 3.05) is 7.05 Å². The van der Waals surface area contributed by atoms with Crippen LogP contribution in [0.5, 0.6) is 0 Å². The molecular formula is C16H39NO5Si4. The summed E-state index contributed by atoms with van der Waals surface area (Å²) in [5, 5.41) is 0. The average molecular weight is 438 g/mol. The predicted octanol–water partition coefficient (Wildman–Crippen LogP) is 5.01. The van der Waals surface area contributed by atoms with Crippen LogP contribution in [-0.2, 0) is 17.1 Å². The topological polar surface area (TPSA) is 57.2 Å². The first-order valence-corrected chi connectivity index (χ1v) is 21.1. The highest BCUT2D eigenvalue weighted by molar-refractivity contribution is 6.90. The minimum Gasteiger partial charge on any atom is -0.419 e. The Labute approximate surface area is 164 Å². The van der Waals surface area contributed by atoms with Crippen molar-refractivity contribution in [1.82, 2.24) is 4.90 Å². The Morgan fingerprint density at radius 3 is 1.50 bits per heavy atom. The molecule has 0 aromatic carbocycles. The van der Waals surface area contributed by atoms with E-state index in [1.165, 1.54) is 0 Å². The molecule has 0 bridgehead atoms. The Morgan fingerprint density at radius 2 is 1.27 bits per heavy atom. The van der Waals surface area contributed by atoms with Crippen molar-refractivity contribution in [3.8, 4) is 0 Å². The molecule has 0 radical (unpaired) electrons. The molecule has 0 aliphatic carbocycles. The van der Waals surface area contributed by atoms with E-state index in [4.69, 9.17) is 17.1 Å². The molecule has 0 aliphatic rings. The van der Waals surface area contributed by atoms with Crippen LogP contribution in [0.15, 0.2) is 12.8 Å². The monoisotopic (exact) mass is 437 g/mol. The van der Waals surface area contributed by atoms with Crippen LogP contribution in [0.25, 0.3) is 0 Å². The maximum Gasteiger partial charge on any atom is 0.493 e. The molecule has 0 N–H and O–H groups in total. The Hall–Kier alpha value is -0.242. The summed E-state index contributed by atoms with van der Waals surface area (Å²) in [6, 6.07) is 0. The van der Waals surface area contributed by atoms with Crippen LogP contribution in [0.4, 0.5) is 4.79 Å². The lowest BCUT2D eigenvalue weighted by molar-refractivity contribution is 0.120. The smallest absolute Gasteiger partial charge is 0.419 e. The molecular weight excluding hydrogens is 399 g/mol. The van der Waals surface area contributed by atoms with Crippen molar-refractivity contribution in [3.63, 3.8) is 0 Å². The number of hydrogen-bond donors (Lipinski definition) is 0. The van der Waals surface area contributed by atoms with Gasteiger partial charge in [0.05, 0.1) is 6.26 Å². The molecule has 1 amide bonds. The van der Waals surface area contributed by atoms with Gasteiger partial charge in [0.1, 0.15) is 5.67 Å².